The number of hydrogen-bond acceptors (Lipinski definition) is 6. The van der Waals surface area contributed by atoms with Gasteiger partial charge in [0.25, 0.3) is 5.91 Å². The quantitative estimate of drug-likeness (QED) is 0.475. The second-order valence-electron chi connectivity index (χ2n) is 6.43. The van der Waals surface area contributed by atoms with Crippen molar-refractivity contribution in [2.24, 2.45) is 0 Å². The van der Waals surface area contributed by atoms with Gasteiger partial charge >= 0.3 is 0 Å². The van der Waals surface area contributed by atoms with Crippen LogP contribution in [0.4, 0.5) is 0 Å². The molecule has 0 fully saturated rings. The molecule has 0 unspecified atom stereocenters. The average molecular weight is 393 g/mol. The number of carbonyl (C=O) groups is 1. The van der Waals surface area contributed by atoms with Crippen molar-refractivity contribution in [3.8, 4) is 5.75 Å². The highest BCUT2D eigenvalue weighted by Gasteiger charge is 2.22. The van der Waals surface area contributed by atoms with Crippen LogP contribution < -0.4 is 4.74 Å². The minimum atomic E-state index is -0.188. The molecule has 1 amide bonds. The van der Waals surface area contributed by atoms with Crippen molar-refractivity contribution in [2.75, 3.05) is 7.05 Å². The van der Waals surface area contributed by atoms with E-state index >= 15 is 0 Å². The van der Waals surface area contributed by atoms with Gasteiger partial charge in [-0.2, -0.15) is 0 Å². The van der Waals surface area contributed by atoms with Crippen molar-refractivity contribution in [2.45, 2.75) is 19.6 Å². The van der Waals surface area contributed by atoms with Crippen LogP contribution in [0.25, 0.3) is 10.8 Å². The summed E-state index contributed by atoms with van der Waals surface area (Å²) < 4.78 is 11.2. The topological polar surface area (TPSA) is 68.5 Å². The number of ether oxygens (including phenoxy) is 1. The molecule has 4 aromatic rings. The molecule has 0 aliphatic rings. The van der Waals surface area contributed by atoms with Gasteiger partial charge in [0, 0.05) is 41.2 Å². The number of hydrogen-bond donors (Lipinski definition) is 0. The minimum absolute atomic E-state index is 0.0341. The first-order chi connectivity index (χ1) is 13.6. The van der Waals surface area contributed by atoms with Gasteiger partial charge in [-0.25, -0.2) is 0 Å². The van der Waals surface area contributed by atoms with Crippen LogP contribution in [0.1, 0.15) is 34.1 Å². The van der Waals surface area contributed by atoms with Crippen LogP contribution in [0.2, 0.25) is 0 Å². The Hall–Kier alpha value is -3.19. The average Bonchev–Trinajstić information content (AvgIpc) is 3.43. The molecule has 0 saturated heterocycles. The first-order valence-corrected chi connectivity index (χ1v) is 9.73. The van der Waals surface area contributed by atoms with Crippen molar-refractivity contribution in [3.63, 3.8) is 0 Å². The Labute approximate surface area is 166 Å². The van der Waals surface area contributed by atoms with Gasteiger partial charge in [-0.3, -0.25) is 9.78 Å². The second-order valence-corrected chi connectivity index (χ2v) is 7.41. The number of benzene rings is 1. The molecule has 1 aromatic carbocycles. The molecule has 28 heavy (non-hydrogen) atoms. The van der Waals surface area contributed by atoms with E-state index in [1.807, 2.05) is 48.7 Å². The molecule has 3 heterocycles. The maximum absolute atomic E-state index is 12.7. The summed E-state index contributed by atoms with van der Waals surface area (Å²) in [6.07, 6.45) is 3.52. The van der Waals surface area contributed by atoms with Gasteiger partial charge in [-0.1, -0.05) is 23.4 Å². The molecule has 0 aliphatic carbocycles. The molecule has 0 saturated carbocycles. The zero-order valence-corrected chi connectivity index (χ0v) is 16.3. The van der Waals surface area contributed by atoms with E-state index in [0.717, 1.165) is 21.4 Å². The third-order valence-electron chi connectivity index (χ3n) is 4.64. The monoisotopic (exact) mass is 393 g/mol. The fraction of sp³-hybridized carbons (Fsp3) is 0.190. The highest BCUT2D eigenvalue weighted by Crippen LogP contribution is 2.26. The summed E-state index contributed by atoms with van der Waals surface area (Å²) in [6.45, 7) is 2.18. The number of aromatic nitrogens is 2. The Morgan fingerprint density at radius 2 is 2.18 bits per heavy atom. The number of pyridine rings is 1. The number of amides is 1. The summed E-state index contributed by atoms with van der Waals surface area (Å²) in [4.78, 5) is 19.6. The molecular weight excluding hydrogens is 374 g/mol. The smallest absolute Gasteiger partial charge is 0.276 e. The van der Waals surface area contributed by atoms with Gasteiger partial charge in [0.2, 0.25) is 0 Å². The molecule has 142 valence electrons. The van der Waals surface area contributed by atoms with Gasteiger partial charge in [0.1, 0.15) is 12.4 Å². The van der Waals surface area contributed by atoms with Crippen molar-refractivity contribution in [1.82, 2.24) is 15.0 Å². The van der Waals surface area contributed by atoms with Crippen LogP contribution in [0.5, 0.6) is 5.75 Å². The fourth-order valence-corrected chi connectivity index (χ4v) is 3.75. The zero-order chi connectivity index (χ0) is 19.5. The Balaban J connectivity index is 1.45. The highest BCUT2D eigenvalue weighted by molar-refractivity contribution is 7.10. The van der Waals surface area contributed by atoms with Crippen LogP contribution in [-0.2, 0) is 6.61 Å². The van der Waals surface area contributed by atoms with E-state index in [9.17, 15) is 4.79 Å². The van der Waals surface area contributed by atoms with Crippen LogP contribution in [-0.4, -0.2) is 28.0 Å². The normalized spacial score (nSPS) is 12.1. The van der Waals surface area contributed by atoms with E-state index in [1.165, 1.54) is 0 Å². The number of fused-ring (bicyclic) bond motifs is 1. The summed E-state index contributed by atoms with van der Waals surface area (Å²) in [5, 5.41) is 7.89. The maximum atomic E-state index is 12.7. The van der Waals surface area contributed by atoms with Gasteiger partial charge in [-0.15, -0.1) is 11.3 Å². The molecule has 0 spiro atoms. The number of thiophene rings is 1. The van der Waals surface area contributed by atoms with Crippen LogP contribution in [0, 0.1) is 0 Å². The van der Waals surface area contributed by atoms with Crippen molar-refractivity contribution in [3.05, 3.63) is 76.6 Å². The Morgan fingerprint density at radius 1 is 1.29 bits per heavy atom. The van der Waals surface area contributed by atoms with E-state index in [1.54, 1.807) is 41.7 Å². The first-order valence-electron chi connectivity index (χ1n) is 8.85. The van der Waals surface area contributed by atoms with Crippen molar-refractivity contribution < 1.29 is 14.1 Å². The van der Waals surface area contributed by atoms with E-state index in [0.29, 0.717) is 5.76 Å². The molecule has 7 heteroatoms. The SMILES string of the molecule is C[C@@H](c1cccs1)N(C)C(=O)c1cc(COc2cccc3cnccc23)on1. The lowest BCUT2D eigenvalue weighted by molar-refractivity contribution is 0.0734. The van der Waals surface area contributed by atoms with Gasteiger partial charge in [0.05, 0.1) is 6.04 Å². The number of carbonyl (C=O) groups excluding carboxylic acids is 1. The van der Waals surface area contributed by atoms with E-state index < -0.39 is 0 Å². The third-order valence-corrected chi connectivity index (χ3v) is 5.69. The third kappa shape index (κ3) is 3.61. The maximum Gasteiger partial charge on any atom is 0.276 e. The van der Waals surface area contributed by atoms with Crippen LogP contribution >= 0.6 is 11.3 Å². The Bertz CT molecular complexity index is 1090. The second kappa shape index (κ2) is 7.82. The number of rotatable bonds is 6. The Kier molecular flexibility index (Phi) is 5.08. The molecule has 1 atom stereocenters. The molecule has 0 aliphatic heterocycles. The van der Waals surface area contributed by atoms with Crippen LogP contribution in [0.3, 0.4) is 0 Å². The summed E-state index contributed by atoms with van der Waals surface area (Å²) >= 11 is 1.62. The molecule has 0 radical (unpaired) electrons. The molecule has 3 aromatic heterocycles. The van der Waals surface area contributed by atoms with Gasteiger partial charge in [-0.05, 0) is 30.5 Å². The Morgan fingerprint density at radius 3 is 3.00 bits per heavy atom. The standard InChI is InChI=1S/C21H19N3O3S/c1-14(20-7-4-10-28-20)24(2)21(25)18-11-16(27-23-18)13-26-19-6-3-5-15-12-22-9-8-17(15)19/h3-12,14H,13H2,1-2H3/t14-/m0/s1. The van der Waals surface area contributed by atoms with Crippen molar-refractivity contribution in [1.29, 1.82) is 0 Å². The van der Waals surface area contributed by atoms with E-state index in [2.05, 4.69) is 10.1 Å². The summed E-state index contributed by atoms with van der Waals surface area (Å²) in [6, 6.07) is 13.3. The molecular formula is C21H19N3O3S. The van der Waals surface area contributed by atoms with E-state index in [-0.39, 0.29) is 24.2 Å². The number of nitrogens with zero attached hydrogens (tertiary/aromatic N) is 3. The predicted octanol–water partition coefficient (Wildman–Crippen LogP) is 4.70. The largest absolute Gasteiger partial charge is 0.485 e. The molecule has 0 bridgehead atoms. The lowest BCUT2D eigenvalue weighted by atomic mass is 10.1. The van der Waals surface area contributed by atoms with Crippen LogP contribution in [0.15, 0.2) is 64.8 Å². The summed E-state index contributed by atoms with van der Waals surface area (Å²) in [5.41, 5.74) is 0.270. The zero-order valence-electron chi connectivity index (χ0n) is 15.5. The molecule has 0 N–H and O–H groups in total. The van der Waals surface area contributed by atoms with Gasteiger partial charge < -0.3 is 14.2 Å². The fourth-order valence-electron chi connectivity index (χ4n) is 2.93. The summed E-state index contributed by atoms with van der Waals surface area (Å²) in [5.74, 6) is 1.03. The predicted molar refractivity (Wildman–Crippen MR) is 107 cm³/mol. The lowest BCUT2D eigenvalue weighted by Gasteiger charge is -2.22. The highest BCUT2D eigenvalue weighted by atomic mass is 32.1. The lowest BCUT2D eigenvalue weighted by Crippen LogP contribution is -2.29. The minimum Gasteiger partial charge on any atom is -0.485 e. The summed E-state index contributed by atoms with van der Waals surface area (Å²) in [7, 11) is 1.77. The van der Waals surface area contributed by atoms with Gasteiger partial charge in [0.15, 0.2) is 11.5 Å². The molecule has 6 nitrogen and oxygen atoms in total. The van der Waals surface area contributed by atoms with E-state index in [4.69, 9.17) is 9.26 Å². The molecule has 4 rings (SSSR count). The van der Waals surface area contributed by atoms with Crippen molar-refractivity contribution >= 4 is 28.0 Å². The first kappa shape index (κ1) is 18.2.